The number of benzene rings is 1. The van der Waals surface area contributed by atoms with Crippen LogP contribution < -0.4 is 20.1 Å². The first-order valence-corrected chi connectivity index (χ1v) is 8.16. The van der Waals surface area contributed by atoms with Gasteiger partial charge in [0.15, 0.2) is 5.96 Å². The molecule has 2 rings (SSSR count). The zero-order valence-electron chi connectivity index (χ0n) is 15.4. The first-order valence-electron chi connectivity index (χ1n) is 8.16. The molecule has 0 aliphatic rings. The maximum atomic E-state index is 12.9. The quantitative estimate of drug-likeness (QED) is 0.259. The molecule has 0 saturated heterocycles. The molecule has 1 heterocycles. The van der Waals surface area contributed by atoms with Gasteiger partial charge in [-0.15, -0.1) is 24.0 Å². The topological polar surface area (TPSA) is 67.8 Å². The van der Waals surface area contributed by atoms with E-state index in [1.165, 1.54) is 12.3 Å². The number of hydrogen-bond acceptors (Lipinski definition) is 4. The Hall–Kier alpha value is -2.24. The monoisotopic (exact) mass is 510 g/mol. The second kappa shape index (κ2) is 11.6. The van der Waals surface area contributed by atoms with Crippen LogP contribution >= 0.6 is 24.0 Å². The Bertz CT molecular complexity index is 772. The molecule has 0 aliphatic carbocycles. The fraction of sp³-hybridized carbons (Fsp3) is 0.333. The van der Waals surface area contributed by atoms with Crippen molar-refractivity contribution in [1.82, 2.24) is 15.6 Å². The Morgan fingerprint density at radius 2 is 1.96 bits per heavy atom. The summed E-state index contributed by atoms with van der Waals surface area (Å²) in [5, 5.41) is 6.07. The number of methoxy groups -OCH3 is 1. The first kappa shape index (κ1) is 23.8. The van der Waals surface area contributed by atoms with Gasteiger partial charge in [0.2, 0.25) is 5.88 Å². The number of alkyl halides is 3. The number of guanidine groups is 1. The van der Waals surface area contributed by atoms with Crippen LogP contribution in [0, 0.1) is 0 Å². The van der Waals surface area contributed by atoms with Gasteiger partial charge in [0.05, 0.1) is 13.7 Å². The number of aromatic nitrogens is 1. The fourth-order valence-electron chi connectivity index (χ4n) is 2.23. The lowest BCUT2D eigenvalue weighted by Crippen LogP contribution is -2.39. The Labute approximate surface area is 178 Å². The number of nitrogens with one attached hydrogen (secondary N) is 2. The summed E-state index contributed by atoms with van der Waals surface area (Å²) in [6, 6.07) is 9.71. The molecule has 0 spiro atoms. The molecule has 0 bridgehead atoms. The standard InChI is InChI=1S/C18H21F3N4O2.HI/c1-22-17(25-12-13-5-3-6-14(11-13)26-2)24-9-10-27-16-15(18(19,20)21)7-4-8-23-16;/h3-8,11H,9-10,12H2,1-2H3,(H2,22,24,25);1H. The largest absolute Gasteiger partial charge is 0.497 e. The number of aliphatic imine (C=N–C) groups is 1. The summed E-state index contributed by atoms with van der Waals surface area (Å²) in [7, 11) is 3.20. The molecule has 2 aromatic rings. The van der Waals surface area contributed by atoms with Crippen LogP contribution in [-0.2, 0) is 12.7 Å². The summed E-state index contributed by atoms with van der Waals surface area (Å²) in [6.07, 6.45) is -3.25. The molecule has 0 radical (unpaired) electrons. The van der Waals surface area contributed by atoms with Gasteiger partial charge in [0.1, 0.15) is 17.9 Å². The smallest absolute Gasteiger partial charge is 0.421 e. The third-order valence-electron chi connectivity index (χ3n) is 3.53. The first-order chi connectivity index (χ1) is 12.9. The molecule has 2 N–H and O–H groups in total. The van der Waals surface area contributed by atoms with E-state index >= 15 is 0 Å². The third-order valence-corrected chi connectivity index (χ3v) is 3.53. The maximum Gasteiger partial charge on any atom is 0.421 e. The van der Waals surface area contributed by atoms with Crippen LogP contribution in [-0.4, -0.2) is 38.3 Å². The number of rotatable bonds is 7. The van der Waals surface area contributed by atoms with Crippen molar-refractivity contribution >= 4 is 29.9 Å². The van der Waals surface area contributed by atoms with Gasteiger partial charge in [0.25, 0.3) is 0 Å². The van der Waals surface area contributed by atoms with E-state index in [2.05, 4.69) is 20.6 Å². The van der Waals surface area contributed by atoms with Crippen LogP contribution in [0.15, 0.2) is 47.6 Å². The maximum absolute atomic E-state index is 12.9. The minimum atomic E-state index is -4.51. The van der Waals surface area contributed by atoms with Crippen LogP contribution in [0.2, 0.25) is 0 Å². The van der Waals surface area contributed by atoms with Crippen molar-refractivity contribution in [1.29, 1.82) is 0 Å². The molecule has 0 atom stereocenters. The van der Waals surface area contributed by atoms with Gasteiger partial charge in [-0.2, -0.15) is 13.2 Å². The Kier molecular flexibility index (Phi) is 9.83. The molecule has 10 heteroatoms. The summed E-state index contributed by atoms with van der Waals surface area (Å²) in [5.74, 6) is 0.811. The number of ether oxygens (including phenoxy) is 2. The predicted octanol–water partition coefficient (Wildman–Crippen LogP) is 3.47. The van der Waals surface area contributed by atoms with E-state index in [-0.39, 0.29) is 37.1 Å². The van der Waals surface area contributed by atoms with E-state index < -0.39 is 17.6 Å². The Balaban J connectivity index is 0.00000392. The Morgan fingerprint density at radius 1 is 1.18 bits per heavy atom. The van der Waals surface area contributed by atoms with Crippen molar-refractivity contribution in [3.05, 3.63) is 53.7 Å². The van der Waals surface area contributed by atoms with Gasteiger partial charge in [0, 0.05) is 19.8 Å². The van der Waals surface area contributed by atoms with Gasteiger partial charge >= 0.3 is 6.18 Å². The molecule has 0 aliphatic heterocycles. The highest BCUT2D eigenvalue weighted by Crippen LogP contribution is 2.34. The molecular weight excluding hydrogens is 488 g/mol. The number of hydrogen-bond donors (Lipinski definition) is 2. The number of halogens is 4. The molecule has 154 valence electrons. The lowest BCUT2D eigenvalue weighted by molar-refractivity contribution is -0.139. The molecule has 0 unspecified atom stereocenters. The summed E-state index contributed by atoms with van der Waals surface area (Å²) in [5.41, 5.74) is 0.0994. The zero-order valence-corrected chi connectivity index (χ0v) is 17.7. The average Bonchev–Trinajstić information content (AvgIpc) is 2.67. The number of pyridine rings is 1. The second-order valence-electron chi connectivity index (χ2n) is 5.41. The molecule has 28 heavy (non-hydrogen) atoms. The van der Waals surface area contributed by atoms with Crippen molar-refractivity contribution in [2.24, 2.45) is 4.99 Å². The highest BCUT2D eigenvalue weighted by Gasteiger charge is 2.34. The van der Waals surface area contributed by atoms with E-state index in [9.17, 15) is 13.2 Å². The summed E-state index contributed by atoms with van der Waals surface area (Å²) in [4.78, 5) is 7.71. The molecule has 1 aromatic heterocycles. The normalized spacial score (nSPS) is 11.4. The summed E-state index contributed by atoms with van der Waals surface area (Å²) < 4.78 is 49.0. The molecule has 0 fully saturated rings. The Morgan fingerprint density at radius 3 is 2.64 bits per heavy atom. The van der Waals surface area contributed by atoms with E-state index in [4.69, 9.17) is 9.47 Å². The lowest BCUT2D eigenvalue weighted by atomic mass is 10.2. The molecule has 0 amide bonds. The van der Waals surface area contributed by atoms with Crippen molar-refractivity contribution in [3.63, 3.8) is 0 Å². The minimum Gasteiger partial charge on any atom is -0.497 e. The predicted molar refractivity (Wildman–Crippen MR) is 111 cm³/mol. The number of nitrogens with zero attached hydrogens (tertiary/aromatic N) is 2. The van der Waals surface area contributed by atoms with Crippen LogP contribution in [0.1, 0.15) is 11.1 Å². The molecule has 0 saturated carbocycles. The van der Waals surface area contributed by atoms with Crippen LogP contribution in [0.3, 0.4) is 0 Å². The zero-order chi connectivity index (χ0) is 19.7. The van der Waals surface area contributed by atoms with E-state index in [1.54, 1.807) is 14.2 Å². The van der Waals surface area contributed by atoms with E-state index in [0.717, 1.165) is 17.4 Å². The van der Waals surface area contributed by atoms with Gasteiger partial charge in [-0.3, -0.25) is 4.99 Å². The van der Waals surface area contributed by atoms with Crippen molar-refractivity contribution in [3.8, 4) is 11.6 Å². The van der Waals surface area contributed by atoms with Gasteiger partial charge in [-0.25, -0.2) is 4.98 Å². The SMILES string of the molecule is CN=C(NCCOc1ncccc1C(F)(F)F)NCc1cccc(OC)c1.I. The average molecular weight is 510 g/mol. The molecule has 1 aromatic carbocycles. The van der Waals surface area contributed by atoms with Gasteiger partial charge in [-0.05, 0) is 29.8 Å². The lowest BCUT2D eigenvalue weighted by Gasteiger charge is -2.14. The van der Waals surface area contributed by atoms with E-state index in [1.807, 2.05) is 24.3 Å². The third kappa shape index (κ3) is 7.41. The minimum absolute atomic E-state index is 0. The summed E-state index contributed by atoms with van der Waals surface area (Å²) in [6.45, 7) is 0.766. The fourth-order valence-corrected chi connectivity index (χ4v) is 2.23. The second-order valence-corrected chi connectivity index (χ2v) is 5.41. The highest BCUT2D eigenvalue weighted by molar-refractivity contribution is 14.0. The molecular formula is C18H22F3IN4O2. The molecule has 6 nitrogen and oxygen atoms in total. The van der Waals surface area contributed by atoms with Crippen LogP contribution in [0.5, 0.6) is 11.6 Å². The highest BCUT2D eigenvalue weighted by atomic mass is 127. The van der Waals surface area contributed by atoms with E-state index in [0.29, 0.717) is 12.5 Å². The van der Waals surface area contributed by atoms with Crippen molar-refractivity contribution < 1.29 is 22.6 Å². The van der Waals surface area contributed by atoms with Gasteiger partial charge < -0.3 is 20.1 Å². The van der Waals surface area contributed by atoms with Gasteiger partial charge in [-0.1, -0.05) is 12.1 Å². The van der Waals surface area contributed by atoms with Crippen LogP contribution in [0.25, 0.3) is 0 Å². The van der Waals surface area contributed by atoms with Crippen molar-refractivity contribution in [2.75, 3.05) is 27.3 Å². The summed E-state index contributed by atoms with van der Waals surface area (Å²) >= 11 is 0. The van der Waals surface area contributed by atoms with Crippen LogP contribution in [0.4, 0.5) is 13.2 Å². The van der Waals surface area contributed by atoms with Crippen molar-refractivity contribution in [2.45, 2.75) is 12.7 Å².